The maximum absolute atomic E-state index is 12.3. The summed E-state index contributed by atoms with van der Waals surface area (Å²) in [5.74, 6) is -1.80. The van der Waals surface area contributed by atoms with Gasteiger partial charge >= 0.3 is 12.1 Å². The Labute approximate surface area is 140 Å². The minimum Gasteiger partial charge on any atom is -0.497 e. The first kappa shape index (κ1) is 19.8. The van der Waals surface area contributed by atoms with E-state index in [0.29, 0.717) is 5.75 Å². The molecule has 0 radical (unpaired) electrons. The van der Waals surface area contributed by atoms with Crippen molar-refractivity contribution in [2.75, 3.05) is 12.9 Å². The molecular weight excluding hydrogens is 338 g/mol. The number of hydrogen-bond donors (Lipinski definition) is 2. The maximum atomic E-state index is 12.3. The summed E-state index contributed by atoms with van der Waals surface area (Å²) in [4.78, 5) is 22.9. The number of alkyl carbamates (subject to hydrolysis) is 1. The van der Waals surface area contributed by atoms with Gasteiger partial charge in [-0.25, -0.2) is 18.0 Å². The van der Waals surface area contributed by atoms with Crippen molar-refractivity contribution in [1.82, 2.24) is 5.32 Å². The number of methoxy groups -OCH3 is 1. The van der Waals surface area contributed by atoms with E-state index in [2.05, 4.69) is 5.32 Å². The molecule has 0 aliphatic carbocycles. The molecule has 1 aromatic carbocycles. The lowest BCUT2D eigenvalue weighted by molar-refractivity contribution is -0.138. The number of nitrogens with one attached hydrogen (secondary N) is 1. The van der Waals surface area contributed by atoms with Crippen LogP contribution in [0.5, 0.6) is 5.75 Å². The molecule has 0 spiro atoms. The minimum absolute atomic E-state index is 0.0689. The fraction of sp³-hybridized carbons (Fsp3) is 0.467. The van der Waals surface area contributed by atoms with Gasteiger partial charge in [-0.1, -0.05) is 0 Å². The SMILES string of the molecule is COc1ccc(S(=O)(=O)CC(NC(=O)OC(C)(C)C)C(=O)O)cc1. The molecule has 134 valence electrons. The topological polar surface area (TPSA) is 119 Å². The number of rotatable bonds is 6. The molecule has 0 saturated carbocycles. The molecule has 1 aromatic rings. The monoisotopic (exact) mass is 359 g/mol. The zero-order chi connectivity index (χ0) is 18.5. The number of carboxylic acid groups (broad SMARTS) is 1. The van der Waals surface area contributed by atoms with Crippen LogP contribution in [0, 0.1) is 0 Å². The Balaban J connectivity index is 2.90. The highest BCUT2D eigenvalue weighted by Gasteiger charge is 2.29. The third kappa shape index (κ3) is 6.07. The Morgan fingerprint density at radius 1 is 1.21 bits per heavy atom. The molecule has 1 unspecified atom stereocenters. The van der Waals surface area contributed by atoms with Crippen LogP contribution in [0.15, 0.2) is 29.2 Å². The summed E-state index contributed by atoms with van der Waals surface area (Å²) in [5, 5.41) is 11.2. The molecule has 0 aliphatic rings. The van der Waals surface area contributed by atoms with Crippen molar-refractivity contribution >= 4 is 21.9 Å². The molecule has 2 N–H and O–H groups in total. The highest BCUT2D eigenvalue weighted by atomic mass is 32.2. The molecule has 0 aromatic heterocycles. The van der Waals surface area contributed by atoms with Gasteiger partial charge < -0.3 is 19.9 Å². The van der Waals surface area contributed by atoms with Crippen LogP contribution in [0.1, 0.15) is 20.8 Å². The molecule has 8 nitrogen and oxygen atoms in total. The molecule has 9 heteroatoms. The zero-order valence-electron chi connectivity index (χ0n) is 13.9. The van der Waals surface area contributed by atoms with E-state index in [1.807, 2.05) is 0 Å². The van der Waals surface area contributed by atoms with E-state index in [9.17, 15) is 18.0 Å². The normalized spacial score (nSPS) is 13.0. The van der Waals surface area contributed by atoms with E-state index in [-0.39, 0.29) is 4.90 Å². The van der Waals surface area contributed by atoms with Gasteiger partial charge in [-0.15, -0.1) is 0 Å². The van der Waals surface area contributed by atoms with E-state index in [1.54, 1.807) is 20.8 Å². The molecule has 0 aliphatic heterocycles. The summed E-state index contributed by atoms with van der Waals surface area (Å²) >= 11 is 0. The third-order valence-corrected chi connectivity index (χ3v) is 4.56. The number of carbonyl (C=O) groups is 2. The highest BCUT2D eigenvalue weighted by Crippen LogP contribution is 2.17. The standard InChI is InChI=1S/C15H21NO7S/c1-15(2,3)23-14(19)16-12(13(17)18)9-24(20,21)11-7-5-10(22-4)6-8-11/h5-8,12H,9H2,1-4H3,(H,16,19)(H,17,18). The summed E-state index contributed by atoms with van der Waals surface area (Å²) in [7, 11) is -2.49. The highest BCUT2D eigenvalue weighted by molar-refractivity contribution is 7.91. The number of benzene rings is 1. The van der Waals surface area contributed by atoms with Gasteiger partial charge in [0.15, 0.2) is 9.84 Å². The Morgan fingerprint density at radius 2 is 1.75 bits per heavy atom. The molecule has 0 fully saturated rings. The van der Waals surface area contributed by atoms with Crippen molar-refractivity contribution < 1.29 is 32.6 Å². The first-order valence-electron chi connectivity index (χ1n) is 7.04. The second-order valence-corrected chi connectivity index (χ2v) is 8.03. The Kier molecular flexibility index (Phi) is 6.19. The summed E-state index contributed by atoms with van der Waals surface area (Å²) in [5.41, 5.74) is -0.831. The number of ether oxygens (including phenoxy) is 2. The van der Waals surface area contributed by atoms with E-state index >= 15 is 0 Å². The van der Waals surface area contributed by atoms with Gasteiger partial charge in [0.1, 0.15) is 17.4 Å². The van der Waals surface area contributed by atoms with E-state index in [1.165, 1.54) is 31.4 Å². The number of aliphatic carboxylic acids is 1. The molecule has 0 bridgehead atoms. The minimum atomic E-state index is -3.93. The van der Waals surface area contributed by atoms with Crippen LogP contribution < -0.4 is 10.1 Å². The average Bonchev–Trinajstić information content (AvgIpc) is 2.44. The number of carbonyl (C=O) groups excluding carboxylic acids is 1. The summed E-state index contributed by atoms with van der Waals surface area (Å²) in [6.45, 7) is 4.82. The average molecular weight is 359 g/mol. The van der Waals surface area contributed by atoms with Crippen molar-refractivity contribution in [3.05, 3.63) is 24.3 Å². The summed E-state index contributed by atoms with van der Waals surface area (Å²) in [6.07, 6.45) is -1.00. The van der Waals surface area contributed by atoms with Gasteiger partial charge in [0, 0.05) is 0 Å². The second kappa shape index (κ2) is 7.52. The predicted octanol–water partition coefficient (Wildman–Crippen LogP) is 1.45. The molecule has 24 heavy (non-hydrogen) atoms. The Morgan fingerprint density at radius 3 is 2.17 bits per heavy atom. The van der Waals surface area contributed by atoms with Crippen LogP contribution in [0.3, 0.4) is 0 Å². The van der Waals surface area contributed by atoms with Crippen LogP contribution in [0.25, 0.3) is 0 Å². The lowest BCUT2D eigenvalue weighted by atomic mass is 10.2. The number of sulfone groups is 1. The van der Waals surface area contributed by atoms with E-state index < -0.39 is 39.3 Å². The van der Waals surface area contributed by atoms with E-state index in [0.717, 1.165) is 0 Å². The molecule has 1 atom stereocenters. The number of amides is 1. The molecule has 1 amide bonds. The Hall–Kier alpha value is -2.29. The van der Waals surface area contributed by atoms with Gasteiger partial charge in [-0.3, -0.25) is 0 Å². The Bertz CT molecular complexity index is 690. The lowest BCUT2D eigenvalue weighted by Crippen LogP contribution is -2.47. The van der Waals surface area contributed by atoms with Gasteiger partial charge in [0.25, 0.3) is 0 Å². The number of carboxylic acids is 1. The first-order valence-corrected chi connectivity index (χ1v) is 8.69. The number of hydrogen-bond acceptors (Lipinski definition) is 6. The quantitative estimate of drug-likeness (QED) is 0.789. The summed E-state index contributed by atoms with van der Waals surface area (Å²) in [6, 6.07) is 3.88. The first-order chi connectivity index (χ1) is 10.9. The van der Waals surface area contributed by atoms with Crippen LogP contribution in [0.2, 0.25) is 0 Å². The smallest absolute Gasteiger partial charge is 0.408 e. The lowest BCUT2D eigenvalue weighted by Gasteiger charge is -2.22. The van der Waals surface area contributed by atoms with Gasteiger partial charge in [-0.05, 0) is 45.0 Å². The van der Waals surface area contributed by atoms with Crippen molar-refractivity contribution in [2.24, 2.45) is 0 Å². The third-order valence-electron chi connectivity index (χ3n) is 2.79. The molecular formula is C15H21NO7S. The largest absolute Gasteiger partial charge is 0.497 e. The van der Waals surface area contributed by atoms with Crippen LogP contribution >= 0.6 is 0 Å². The fourth-order valence-electron chi connectivity index (χ4n) is 1.72. The van der Waals surface area contributed by atoms with Crippen LogP contribution in [-0.2, 0) is 19.4 Å². The predicted molar refractivity (Wildman–Crippen MR) is 85.8 cm³/mol. The van der Waals surface area contributed by atoms with Gasteiger partial charge in [0.05, 0.1) is 17.8 Å². The van der Waals surface area contributed by atoms with Gasteiger partial charge in [0.2, 0.25) is 0 Å². The maximum Gasteiger partial charge on any atom is 0.408 e. The fourth-order valence-corrected chi connectivity index (χ4v) is 3.13. The van der Waals surface area contributed by atoms with Crippen LogP contribution in [-0.4, -0.2) is 50.1 Å². The molecule has 1 rings (SSSR count). The second-order valence-electron chi connectivity index (χ2n) is 5.99. The van der Waals surface area contributed by atoms with Crippen molar-refractivity contribution in [3.8, 4) is 5.75 Å². The van der Waals surface area contributed by atoms with Crippen LogP contribution in [0.4, 0.5) is 4.79 Å². The molecule has 0 heterocycles. The van der Waals surface area contributed by atoms with E-state index in [4.69, 9.17) is 14.6 Å². The van der Waals surface area contributed by atoms with Gasteiger partial charge in [-0.2, -0.15) is 0 Å². The van der Waals surface area contributed by atoms with Crippen molar-refractivity contribution in [3.63, 3.8) is 0 Å². The molecule has 0 saturated heterocycles. The van der Waals surface area contributed by atoms with Crippen molar-refractivity contribution in [2.45, 2.75) is 37.3 Å². The zero-order valence-corrected chi connectivity index (χ0v) is 14.7. The summed E-state index contributed by atoms with van der Waals surface area (Å²) < 4.78 is 34.5. The van der Waals surface area contributed by atoms with Crippen molar-refractivity contribution in [1.29, 1.82) is 0 Å².